The summed E-state index contributed by atoms with van der Waals surface area (Å²) in [6.07, 6.45) is 0. The lowest BCUT2D eigenvalue weighted by molar-refractivity contribution is -0.493. The second kappa shape index (κ2) is 5.20. The summed E-state index contributed by atoms with van der Waals surface area (Å²) in [5, 5.41) is 38.4. The molecule has 0 unspecified atom stereocenters. The number of hydrogen-bond acceptors (Lipinski definition) is 7. The second-order valence-electron chi connectivity index (χ2n) is 2.53. The Kier molecular flexibility index (Phi) is 3.70. The summed E-state index contributed by atoms with van der Waals surface area (Å²) in [4.78, 5) is 19.8. The number of benzene rings is 1. The van der Waals surface area contributed by atoms with Crippen LogP contribution in [-0.2, 0) is 0 Å². The summed E-state index contributed by atoms with van der Waals surface area (Å²) in [5.74, 6) is -0.379. The molecule has 0 atom stereocenters. The normalized spacial score (nSPS) is 11.1. The van der Waals surface area contributed by atoms with Crippen molar-refractivity contribution in [2.75, 3.05) is 0 Å². The van der Waals surface area contributed by atoms with Gasteiger partial charge in [-0.1, -0.05) is 0 Å². The van der Waals surface area contributed by atoms with Gasteiger partial charge in [0.2, 0.25) is 11.4 Å². The minimum absolute atomic E-state index is 0.00296. The van der Waals surface area contributed by atoms with Crippen LogP contribution < -0.4 is 0 Å². The fourth-order valence-electron chi connectivity index (χ4n) is 0.827. The molecule has 17 heavy (non-hydrogen) atoms. The van der Waals surface area contributed by atoms with E-state index in [9.17, 15) is 25.3 Å². The average Bonchev–Trinajstić information content (AvgIpc) is 2.26. The summed E-state index contributed by atoms with van der Waals surface area (Å²) in [6.45, 7) is 0. The molecule has 88 valence electrons. The maximum absolute atomic E-state index is 9.92. The number of aromatic hydroxyl groups is 1. The Bertz CT molecular complexity index is 512. The zero-order valence-corrected chi connectivity index (χ0v) is 8.00. The highest BCUT2D eigenvalue weighted by Crippen LogP contribution is 2.31. The van der Waals surface area contributed by atoms with E-state index in [1.54, 1.807) is 0 Å². The van der Waals surface area contributed by atoms with Crippen LogP contribution in [-0.4, -0.2) is 15.2 Å². The zero-order valence-electron chi connectivity index (χ0n) is 8.00. The van der Waals surface area contributed by atoms with E-state index in [-0.39, 0.29) is 17.1 Å². The summed E-state index contributed by atoms with van der Waals surface area (Å²) >= 11 is 0. The SMILES string of the molecule is O=[N+]([O-])N=Nc1ccc(O)c(N=N[N+](=O)[O-])c1. The van der Waals surface area contributed by atoms with E-state index in [1.165, 1.54) is 6.07 Å². The summed E-state index contributed by atoms with van der Waals surface area (Å²) in [7, 11) is 0. The van der Waals surface area contributed by atoms with E-state index >= 15 is 0 Å². The van der Waals surface area contributed by atoms with Gasteiger partial charge in [-0.15, -0.1) is 0 Å². The first-order valence-electron chi connectivity index (χ1n) is 3.94. The fourth-order valence-corrected chi connectivity index (χ4v) is 0.827. The molecule has 0 fully saturated rings. The van der Waals surface area contributed by atoms with Crippen LogP contribution in [0.3, 0.4) is 0 Å². The van der Waals surface area contributed by atoms with Gasteiger partial charge in [-0.05, 0) is 12.1 Å². The highest BCUT2D eigenvalue weighted by molar-refractivity contribution is 5.58. The van der Waals surface area contributed by atoms with Crippen LogP contribution in [0.2, 0.25) is 0 Å². The molecule has 1 N–H and O–H groups in total. The monoisotopic (exact) mass is 240 g/mol. The highest BCUT2D eigenvalue weighted by atomic mass is 16.7. The van der Waals surface area contributed by atoms with Gasteiger partial charge >= 0.3 is 0 Å². The van der Waals surface area contributed by atoms with E-state index in [1.807, 2.05) is 0 Å². The molecule has 0 heterocycles. The largest absolute Gasteiger partial charge is 0.504 e. The van der Waals surface area contributed by atoms with Crippen molar-refractivity contribution in [1.82, 2.24) is 0 Å². The Balaban J connectivity index is 3.02. The van der Waals surface area contributed by atoms with Gasteiger partial charge in [0.25, 0.3) is 0 Å². The van der Waals surface area contributed by atoms with Gasteiger partial charge in [0.05, 0.1) is 20.3 Å². The van der Waals surface area contributed by atoms with E-state index < -0.39 is 10.1 Å². The third-order valence-corrected chi connectivity index (χ3v) is 1.42. The van der Waals surface area contributed by atoms with Crippen LogP contribution in [0.1, 0.15) is 0 Å². The summed E-state index contributed by atoms with van der Waals surface area (Å²) < 4.78 is 0. The van der Waals surface area contributed by atoms with Gasteiger partial charge in [-0.25, -0.2) is 0 Å². The van der Waals surface area contributed by atoms with Crippen molar-refractivity contribution in [3.05, 3.63) is 38.4 Å². The first kappa shape index (κ1) is 12.1. The number of nitro groups is 2. The molecular formula is C6H4N6O5. The number of rotatable bonds is 4. The Hall–Kier alpha value is -2.98. The molecule has 0 amide bonds. The molecule has 1 aromatic rings. The molecule has 0 radical (unpaired) electrons. The van der Waals surface area contributed by atoms with Crippen LogP contribution in [0.25, 0.3) is 0 Å². The molecule has 0 aromatic heterocycles. The van der Waals surface area contributed by atoms with E-state index in [0.717, 1.165) is 12.1 Å². The van der Waals surface area contributed by atoms with Crippen molar-refractivity contribution in [3.63, 3.8) is 0 Å². The lowest BCUT2D eigenvalue weighted by Gasteiger charge is -1.89. The molecule has 0 saturated heterocycles. The van der Waals surface area contributed by atoms with Crippen molar-refractivity contribution >= 4 is 11.4 Å². The molecular weight excluding hydrogens is 236 g/mol. The third-order valence-electron chi connectivity index (χ3n) is 1.42. The van der Waals surface area contributed by atoms with Crippen molar-refractivity contribution in [3.8, 4) is 5.75 Å². The average molecular weight is 240 g/mol. The van der Waals surface area contributed by atoms with Crippen LogP contribution in [0.4, 0.5) is 11.4 Å². The maximum atomic E-state index is 9.92. The van der Waals surface area contributed by atoms with Crippen LogP contribution >= 0.6 is 0 Å². The molecule has 0 spiro atoms. The minimum atomic E-state index is -1.06. The standard InChI is InChI=1S/C6H4N6O5/c13-6-2-1-4(7-9-11(14)15)3-5(6)8-10-12(16)17/h1-3,13H. The number of phenolic OH excluding ortho intramolecular Hbond substituents is 1. The summed E-state index contributed by atoms with van der Waals surface area (Å²) in [5.41, 5.74) is -0.252. The van der Waals surface area contributed by atoms with Gasteiger partial charge in [0.15, 0.2) is 16.2 Å². The number of hydrogen-bond donors (Lipinski definition) is 1. The Morgan fingerprint density at radius 2 is 1.65 bits per heavy atom. The Morgan fingerprint density at radius 1 is 1.06 bits per heavy atom. The quantitative estimate of drug-likeness (QED) is 0.483. The van der Waals surface area contributed by atoms with Crippen molar-refractivity contribution < 1.29 is 15.2 Å². The van der Waals surface area contributed by atoms with Crippen molar-refractivity contribution in [2.45, 2.75) is 0 Å². The molecule has 1 aromatic carbocycles. The van der Waals surface area contributed by atoms with Gasteiger partial charge < -0.3 is 25.3 Å². The van der Waals surface area contributed by atoms with Crippen LogP contribution in [0.5, 0.6) is 5.75 Å². The first-order chi connectivity index (χ1) is 7.99. The van der Waals surface area contributed by atoms with Gasteiger partial charge in [-0.3, -0.25) is 0 Å². The third kappa shape index (κ3) is 3.94. The molecule has 0 aliphatic heterocycles. The Morgan fingerprint density at radius 3 is 2.24 bits per heavy atom. The molecule has 11 heteroatoms. The van der Waals surface area contributed by atoms with Gasteiger partial charge in [0, 0.05) is 6.07 Å². The fraction of sp³-hybridized carbons (Fsp3) is 0. The topological polar surface area (TPSA) is 156 Å². The molecule has 11 nitrogen and oxygen atoms in total. The van der Waals surface area contributed by atoms with Crippen LogP contribution in [0, 0.1) is 20.2 Å². The summed E-state index contributed by atoms with van der Waals surface area (Å²) in [6, 6.07) is 3.37. The minimum Gasteiger partial charge on any atom is -0.504 e. The molecule has 0 bridgehead atoms. The van der Waals surface area contributed by atoms with E-state index in [4.69, 9.17) is 0 Å². The lowest BCUT2D eigenvalue weighted by Crippen LogP contribution is -1.81. The van der Waals surface area contributed by atoms with Crippen molar-refractivity contribution in [1.29, 1.82) is 0 Å². The van der Waals surface area contributed by atoms with Gasteiger partial charge in [0.1, 0.15) is 0 Å². The smallest absolute Gasteiger partial charge is 0.249 e. The predicted octanol–water partition coefficient (Wildman–Crippen LogP) is 1.94. The van der Waals surface area contributed by atoms with Gasteiger partial charge in [-0.2, -0.15) is 0 Å². The molecule has 1 rings (SSSR count). The predicted molar refractivity (Wildman–Crippen MR) is 51.1 cm³/mol. The molecule has 0 aliphatic rings. The Labute approximate surface area is 92.4 Å². The number of nitrogens with zero attached hydrogens (tertiary/aromatic N) is 6. The van der Waals surface area contributed by atoms with E-state index in [0.29, 0.717) is 0 Å². The first-order valence-corrected chi connectivity index (χ1v) is 3.94. The number of phenols is 1. The van der Waals surface area contributed by atoms with Crippen molar-refractivity contribution in [2.24, 2.45) is 20.7 Å². The van der Waals surface area contributed by atoms with Crippen LogP contribution in [0.15, 0.2) is 38.9 Å². The molecule has 0 saturated carbocycles. The highest BCUT2D eigenvalue weighted by Gasteiger charge is 2.11. The zero-order chi connectivity index (χ0) is 12.8. The maximum Gasteiger partial charge on any atom is 0.249 e. The van der Waals surface area contributed by atoms with E-state index in [2.05, 4.69) is 20.7 Å². The molecule has 0 aliphatic carbocycles. The lowest BCUT2D eigenvalue weighted by atomic mass is 10.2. The second-order valence-corrected chi connectivity index (χ2v) is 2.53.